The van der Waals surface area contributed by atoms with Gasteiger partial charge >= 0.3 is 6.09 Å². The monoisotopic (exact) mass is 333 g/mol. The third-order valence-electron chi connectivity index (χ3n) is 4.48. The summed E-state index contributed by atoms with van der Waals surface area (Å²) in [4.78, 5) is 26.6. The molecule has 0 radical (unpaired) electrons. The lowest BCUT2D eigenvalue weighted by molar-refractivity contribution is -0.218. The quantitative estimate of drug-likeness (QED) is 0.780. The highest BCUT2D eigenvalue weighted by Crippen LogP contribution is 2.40. The Morgan fingerprint density at radius 3 is 2.54 bits per heavy atom. The van der Waals surface area contributed by atoms with E-state index in [9.17, 15) is 9.59 Å². The van der Waals surface area contributed by atoms with Gasteiger partial charge in [0.2, 0.25) is 5.78 Å². The minimum absolute atomic E-state index is 0.000730. The van der Waals surface area contributed by atoms with Gasteiger partial charge in [0.05, 0.1) is 6.61 Å². The SMILES string of the molecule is Cc1ccc(N2C[C@]3(OC[C@H]4OC(C)(C)OC4C3=O)OC2=O)cc1. The van der Waals surface area contributed by atoms with E-state index in [-0.39, 0.29) is 13.2 Å². The number of benzene rings is 1. The van der Waals surface area contributed by atoms with Gasteiger partial charge in [-0.1, -0.05) is 17.7 Å². The Morgan fingerprint density at radius 2 is 1.83 bits per heavy atom. The van der Waals surface area contributed by atoms with Crippen molar-refractivity contribution < 1.29 is 28.5 Å². The van der Waals surface area contributed by atoms with E-state index in [4.69, 9.17) is 18.9 Å². The summed E-state index contributed by atoms with van der Waals surface area (Å²) in [5.74, 6) is -2.90. The molecule has 7 heteroatoms. The first-order valence-electron chi connectivity index (χ1n) is 7.91. The second-order valence-corrected chi connectivity index (χ2v) is 6.81. The lowest BCUT2D eigenvalue weighted by Gasteiger charge is -2.34. The van der Waals surface area contributed by atoms with Gasteiger partial charge in [0.15, 0.2) is 11.9 Å². The molecule has 0 N–H and O–H groups in total. The van der Waals surface area contributed by atoms with Gasteiger partial charge in [-0.2, -0.15) is 0 Å². The van der Waals surface area contributed by atoms with Gasteiger partial charge < -0.3 is 18.9 Å². The van der Waals surface area contributed by atoms with Gasteiger partial charge in [-0.05, 0) is 32.9 Å². The summed E-state index contributed by atoms with van der Waals surface area (Å²) in [6.07, 6.45) is -1.88. The molecule has 4 rings (SSSR count). The normalized spacial score (nSPS) is 34.5. The number of hydrogen-bond donors (Lipinski definition) is 0. The first-order valence-corrected chi connectivity index (χ1v) is 7.91. The van der Waals surface area contributed by atoms with Crippen molar-refractivity contribution in [2.24, 2.45) is 0 Å². The zero-order chi connectivity index (χ0) is 17.1. The Bertz CT molecular complexity index is 700. The average molecular weight is 333 g/mol. The number of Topliss-reactive ketones (excluding diaryl/α,β-unsaturated/α-hetero) is 1. The van der Waals surface area contributed by atoms with Gasteiger partial charge in [0, 0.05) is 5.69 Å². The number of anilines is 1. The molecule has 0 aliphatic carbocycles. The van der Waals surface area contributed by atoms with Crippen LogP contribution in [0.3, 0.4) is 0 Å². The van der Waals surface area contributed by atoms with Crippen molar-refractivity contribution in [1.29, 1.82) is 0 Å². The Kier molecular flexibility index (Phi) is 3.25. The van der Waals surface area contributed by atoms with E-state index in [0.29, 0.717) is 5.69 Å². The van der Waals surface area contributed by atoms with E-state index in [1.54, 1.807) is 13.8 Å². The molecule has 3 saturated heterocycles. The van der Waals surface area contributed by atoms with Crippen molar-refractivity contribution in [1.82, 2.24) is 0 Å². The number of rotatable bonds is 1. The molecule has 0 saturated carbocycles. The van der Waals surface area contributed by atoms with Crippen LogP contribution in [0.15, 0.2) is 24.3 Å². The molecule has 1 aromatic rings. The highest BCUT2D eigenvalue weighted by Gasteiger charge is 2.63. The molecule has 24 heavy (non-hydrogen) atoms. The van der Waals surface area contributed by atoms with E-state index in [2.05, 4.69) is 0 Å². The Morgan fingerprint density at radius 1 is 1.12 bits per heavy atom. The second-order valence-electron chi connectivity index (χ2n) is 6.81. The summed E-state index contributed by atoms with van der Waals surface area (Å²) in [5.41, 5.74) is 1.73. The number of ether oxygens (including phenoxy) is 4. The van der Waals surface area contributed by atoms with Crippen LogP contribution in [0, 0.1) is 6.92 Å². The van der Waals surface area contributed by atoms with E-state index in [0.717, 1.165) is 5.56 Å². The number of fused-ring (bicyclic) bond motifs is 1. The summed E-state index contributed by atoms with van der Waals surface area (Å²) < 4.78 is 22.3. The smallest absolute Gasteiger partial charge is 0.407 e. The van der Waals surface area contributed by atoms with Crippen molar-refractivity contribution in [2.45, 2.75) is 44.6 Å². The van der Waals surface area contributed by atoms with Crippen LogP contribution in [0.5, 0.6) is 0 Å². The van der Waals surface area contributed by atoms with Crippen LogP contribution in [0.2, 0.25) is 0 Å². The van der Waals surface area contributed by atoms with E-state index < -0.39 is 35.7 Å². The summed E-state index contributed by atoms with van der Waals surface area (Å²) >= 11 is 0. The number of amides is 1. The molecular weight excluding hydrogens is 314 g/mol. The van der Waals surface area contributed by atoms with Gasteiger partial charge in [-0.25, -0.2) is 4.79 Å². The lowest BCUT2D eigenvalue weighted by atomic mass is 9.98. The summed E-state index contributed by atoms with van der Waals surface area (Å²) in [6.45, 7) is 5.57. The fourth-order valence-electron chi connectivity index (χ4n) is 3.31. The van der Waals surface area contributed by atoms with Crippen molar-refractivity contribution >= 4 is 17.6 Å². The van der Waals surface area contributed by atoms with Crippen LogP contribution in [0.1, 0.15) is 19.4 Å². The molecule has 3 atom stereocenters. The van der Waals surface area contributed by atoms with Gasteiger partial charge in [-0.15, -0.1) is 0 Å². The Hall–Kier alpha value is -1.96. The largest absolute Gasteiger partial charge is 0.417 e. The molecular formula is C17H19NO6. The maximum Gasteiger partial charge on any atom is 0.417 e. The third-order valence-corrected chi connectivity index (χ3v) is 4.48. The maximum absolute atomic E-state index is 12.9. The van der Waals surface area contributed by atoms with Gasteiger partial charge in [0.1, 0.15) is 12.6 Å². The standard InChI is InChI=1S/C17H19NO6/c1-10-4-6-11(7-5-10)18-9-17(24-15(18)20)14(19)13-12(8-21-17)22-16(2,3)23-13/h4-7,12-13H,8-9H2,1-3H3/t12-,13?,17+/m1/s1. The molecule has 3 heterocycles. The van der Waals surface area contributed by atoms with Crippen LogP contribution in [0.25, 0.3) is 0 Å². The predicted molar refractivity (Wildman–Crippen MR) is 82.5 cm³/mol. The number of nitrogens with zero attached hydrogens (tertiary/aromatic N) is 1. The summed E-state index contributed by atoms with van der Waals surface area (Å²) in [5, 5.41) is 0. The third kappa shape index (κ3) is 2.31. The fourth-order valence-corrected chi connectivity index (χ4v) is 3.31. The van der Waals surface area contributed by atoms with Crippen molar-refractivity contribution in [3.05, 3.63) is 29.8 Å². The average Bonchev–Trinajstić information content (AvgIpc) is 3.02. The molecule has 3 aliphatic rings. The number of carbonyl (C=O) groups excluding carboxylic acids is 2. The van der Waals surface area contributed by atoms with Crippen molar-refractivity contribution in [3.63, 3.8) is 0 Å². The molecule has 1 amide bonds. The first kappa shape index (κ1) is 15.6. The summed E-state index contributed by atoms with van der Waals surface area (Å²) in [6, 6.07) is 7.40. The zero-order valence-electron chi connectivity index (χ0n) is 13.8. The number of aryl methyl sites for hydroxylation is 1. The van der Waals surface area contributed by atoms with Crippen LogP contribution >= 0.6 is 0 Å². The van der Waals surface area contributed by atoms with E-state index in [1.807, 2.05) is 31.2 Å². The minimum Gasteiger partial charge on any atom is -0.407 e. The first-order chi connectivity index (χ1) is 11.3. The number of hydrogen-bond acceptors (Lipinski definition) is 6. The highest BCUT2D eigenvalue weighted by molar-refractivity contribution is 6.00. The summed E-state index contributed by atoms with van der Waals surface area (Å²) in [7, 11) is 0. The molecule has 7 nitrogen and oxygen atoms in total. The molecule has 3 aliphatic heterocycles. The van der Waals surface area contributed by atoms with Crippen molar-refractivity contribution in [2.75, 3.05) is 18.1 Å². The van der Waals surface area contributed by atoms with Crippen LogP contribution < -0.4 is 4.90 Å². The van der Waals surface area contributed by atoms with Crippen LogP contribution in [-0.2, 0) is 23.7 Å². The molecule has 0 bridgehead atoms. The van der Waals surface area contributed by atoms with Crippen molar-refractivity contribution in [3.8, 4) is 0 Å². The molecule has 1 unspecified atom stereocenters. The van der Waals surface area contributed by atoms with Gasteiger partial charge in [-0.3, -0.25) is 9.69 Å². The molecule has 1 aromatic carbocycles. The lowest BCUT2D eigenvalue weighted by Crippen LogP contribution is -2.59. The molecule has 128 valence electrons. The van der Waals surface area contributed by atoms with Crippen LogP contribution in [-0.4, -0.2) is 48.8 Å². The Labute approximate surface area is 139 Å². The topological polar surface area (TPSA) is 74.3 Å². The van der Waals surface area contributed by atoms with Gasteiger partial charge in [0.25, 0.3) is 5.79 Å². The Balaban J connectivity index is 1.60. The van der Waals surface area contributed by atoms with E-state index in [1.165, 1.54) is 4.90 Å². The molecule has 1 spiro atoms. The fraction of sp³-hybridized carbons (Fsp3) is 0.529. The number of ketones is 1. The predicted octanol–water partition coefficient (Wildman–Crippen LogP) is 1.77. The second kappa shape index (κ2) is 5.02. The maximum atomic E-state index is 12.9. The molecule has 3 fully saturated rings. The number of carbonyl (C=O) groups is 2. The highest BCUT2D eigenvalue weighted by atomic mass is 16.8. The molecule has 0 aromatic heterocycles. The van der Waals surface area contributed by atoms with Crippen LogP contribution in [0.4, 0.5) is 10.5 Å². The minimum atomic E-state index is -1.63. The van der Waals surface area contributed by atoms with E-state index >= 15 is 0 Å². The zero-order valence-corrected chi connectivity index (χ0v) is 13.8.